The Labute approximate surface area is 221 Å². The van der Waals surface area contributed by atoms with E-state index in [9.17, 15) is 13.2 Å². The van der Waals surface area contributed by atoms with Crippen LogP contribution < -0.4 is 0 Å². The maximum absolute atomic E-state index is 14.4. The molecule has 0 bridgehead atoms. The van der Waals surface area contributed by atoms with Gasteiger partial charge in [0, 0.05) is 0 Å². The first-order chi connectivity index (χ1) is 19.1. The maximum Gasteiger partial charge on any atom is 0.194 e. The van der Waals surface area contributed by atoms with Gasteiger partial charge in [-0.15, -0.1) is 0 Å². The fraction of sp³-hybridized carbons (Fsp3) is 0. The summed E-state index contributed by atoms with van der Waals surface area (Å²) in [6.45, 7) is 0. The van der Waals surface area contributed by atoms with Crippen LogP contribution in [0.5, 0.6) is 0 Å². The van der Waals surface area contributed by atoms with Gasteiger partial charge in [0.2, 0.25) is 0 Å². The van der Waals surface area contributed by atoms with Crippen molar-refractivity contribution in [2.45, 2.75) is 0 Å². The first kappa shape index (κ1) is 22.1. The lowest BCUT2D eigenvalue weighted by Gasteiger charge is -2.19. The molecule has 0 amide bonds. The molecule has 0 spiro atoms. The lowest BCUT2D eigenvalue weighted by molar-refractivity contribution is 0.448. The average molecular weight is 509 g/mol. The molecular formula is C36H19F3. The van der Waals surface area contributed by atoms with Crippen molar-refractivity contribution in [1.82, 2.24) is 0 Å². The number of rotatable bonds is 2. The summed E-state index contributed by atoms with van der Waals surface area (Å²) in [5.41, 5.74) is 3.11. The molecule has 0 unspecified atom stereocenters. The zero-order valence-corrected chi connectivity index (χ0v) is 20.6. The summed E-state index contributed by atoms with van der Waals surface area (Å²) in [7, 11) is 0. The van der Waals surface area contributed by atoms with E-state index in [4.69, 9.17) is 0 Å². The van der Waals surface area contributed by atoms with Crippen LogP contribution in [-0.2, 0) is 0 Å². The third-order valence-electron chi connectivity index (χ3n) is 7.96. The van der Waals surface area contributed by atoms with Crippen LogP contribution in [0, 0.1) is 17.5 Å². The molecule has 0 saturated carbocycles. The summed E-state index contributed by atoms with van der Waals surface area (Å²) in [6, 6.07) is 37.5. The maximum atomic E-state index is 14.4. The van der Waals surface area contributed by atoms with Gasteiger partial charge in [-0.3, -0.25) is 0 Å². The van der Waals surface area contributed by atoms with E-state index < -0.39 is 17.5 Å². The Morgan fingerprint density at radius 2 is 0.744 bits per heavy atom. The molecule has 0 nitrogen and oxygen atoms in total. The molecule has 184 valence electrons. The Morgan fingerprint density at radius 3 is 1.21 bits per heavy atom. The summed E-state index contributed by atoms with van der Waals surface area (Å²) in [4.78, 5) is 0. The smallest absolute Gasteiger partial charge is 0.194 e. The number of fused-ring (bicyclic) bond motifs is 2. The van der Waals surface area contributed by atoms with E-state index in [0.29, 0.717) is 11.1 Å². The third kappa shape index (κ3) is 3.13. The molecule has 0 aliphatic rings. The molecule has 0 fully saturated rings. The van der Waals surface area contributed by atoms with Crippen molar-refractivity contribution < 1.29 is 13.2 Å². The molecule has 0 aliphatic carbocycles. The summed E-state index contributed by atoms with van der Waals surface area (Å²) in [5.74, 6) is -3.86. The van der Waals surface area contributed by atoms with Crippen LogP contribution in [0.2, 0.25) is 0 Å². The zero-order valence-electron chi connectivity index (χ0n) is 20.6. The second-order valence-corrected chi connectivity index (χ2v) is 10.1. The van der Waals surface area contributed by atoms with Crippen molar-refractivity contribution >= 4 is 53.9 Å². The lowest BCUT2D eigenvalue weighted by Crippen LogP contribution is -1.95. The minimum atomic E-state index is -1.46. The Balaban J connectivity index is 1.51. The molecule has 0 radical (unpaired) electrons. The van der Waals surface area contributed by atoms with Crippen LogP contribution in [0.3, 0.4) is 0 Å². The molecular weight excluding hydrogens is 489 g/mol. The fourth-order valence-electron chi connectivity index (χ4n) is 6.35. The SMILES string of the molecule is Fc1cc(-c2c3ccccc3c(-c3cc4ccc5cccc6ccc(c3)c4c56)c3ccccc23)cc(F)c1F. The molecule has 8 rings (SSSR count). The van der Waals surface area contributed by atoms with Crippen molar-refractivity contribution in [2.75, 3.05) is 0 Å². The van der Waals surface area contributed by atoms with Gasteiger partial charge < -0.3 is 0 Å². The fourth-order valence-corrected chi connectivity index (χ4v) is 6.35. The molecule has 3 heteroatoms. The topological polar surface area (TPSA) is 0 Å². The number of halogens is 3. The van der Waals surface area contributed by atoms with Crippen LogP contribution in [0.15, 0.2) is 115 Å². The predicted octanol–water partition coefficient (Wildman–Crippen LogP) is 10.6. The minimum absolute atomic E-state index is 0.306. The summed E-state index contributed by atoms with van der Waals surface area (Å²) in [5, 5.41) is 10.9. The van der Waals surface area contributed by atoms with Crippen molar-refractivity contribution in [3.05, 3.63) is 133 Å². The predicted molar refractivity (Wildman–Crippen MR) is 156 cm³/mol. The Bertz CT molecular complexity index is 2120. The largest absolute Gasteiger partial charge is 0.204 e. The quantitative estimate of drug-likeness (QED) is 0.124. The van der Waals surface area contributed by atoms with Crippen molar-refractivity contribution in [3.8, 4) is 22.3 Å². The molecule has 0 heterocycles. The molecule has 0 aliphatic heterocycles. The highest BCUT2D eigenvalue weighted by atomic mass is 19.2. The van der Waals surface area contributed by atoms with Crippen LogP contribution in [0.1, 0.15) is 0 Å². The Morgan fingerprint density at radius 1 is 0.359 bits per heavy atom. The van der Waals surface area contributed by atoms with E-state index in [-0.39, 0.29) is 0 Å². The minimum Gasteiger partial charge on any atom is -0.204 e. The summed E-state index contributed by atoms with van der Waals surface area (Å²) < 4.78 is 42.7. The van der Waals surface area contributed by atoms with Crippen molar-refractivity contribution in [1.29, 1.82) is 0 Å². The Hall–Kier alpha value is -4.89. The normalized spacial score (nSPS) is 12.0. The molecule has 0 atom stereocenters. The third-order valence-corrected chi connectivity index (χ3v) is 7.96. The van der Waals surface area contributed by atoms with Gasteiger partial charge in [0.1, 0.15) is 0 Å². The summed E-state index contributed by atoms with van der Waals surface area (Å²) in [6.07, 6.45) is 0. The van der Waals surface area contributed by atoms with E-state index in [1.165, 1.54) is 21.5 Å². The van der Waals surface area contributed by atoms with Gasteiger partial charge in [-0.25, -0.2) is 13.2 Å². The van der Waals surface area contributed by atoms with Gasteiger partial charge in [0.05, 0.1) is 0 Å². The van der Waals surface area contributed by atoms with Crippen molar-refractivity contribution in [2.24, 2.45) is 0 Å². The molecule has 39 heavy (non-hydrogen) atoms. The molecule has 0 N–H and O–H groups in total. The van der Waals surface area contributed by atoms with Crippen LogP contribution in [-0.4, -0.2) is 0 Å². The second-order valence-electron chi connectivity index (χ2n) is 10.1. The number of benzene rings is 8. The van der Waals surface area contributed by atoms with E-state index in [1.807, 2.05) is 48.5 Å². The van der Waals surface area contributed by atoms with Crippen LogP contribution >= 0.6 is 0 Å². The highest BCUT2D eigenvalue weighted by Crippen LogP contribution is 2.46. The summed E-state index contributed by atoms with van der Waals surface area (Å²) >= 11 is 0. The van der Waals surface area contributed by atoms with Gasteiger partial charge >= 0.3 is 0 Å². The first-order valence-corrected chi connectivity index (χ1v) is 12.8. The zero-order chi connectivity index (χ0) is 26.2. The standard InChI is InChI=1S/C36H19F3/c37-30-18-25(19-31(38)36(30)39)35-28-10-3-1-8-26(28)34(27-9-2-4-11-29(27)35)24-16-22-14-12-20-6-5-7-21-13-15-23(17-24)33(22)32(20)21/h1-19H. The van der Waals surface area contributed by atoms with E-state index in [2.05, 4.69) is 54.6 Å². The van der Waals surface area contributed by atoms with Gasteiger partial charge in [-0.1, -0.05) is 91.0 Å². The van der Waals surface area contributed by atoms with Gasteiger partial charge in [-0.2, -0.15) is 0 Å². The highest BCUT2D eigenvalue weighted by Gasteiger charge is 2.20. The Kier molecular flexibility index (Phi) is 4.57. The molecule has 8 aromatic carbocycles. The lowest BCUT2D eigenvalue weighted by atomic mass is 9.84. The monoisotopic (exact) mass is 508 g/mol. The van der Waals surface area contributed by atoms with Crippen LogP contribution in [0.4, 0.5) is 13.2 Å². The van der Waals surface area contributed by atoms with Gasteiger partial charge in [-0.05, 0) is 100 Å². The molecule has 0 aromatic heterocycles. The molecule has 8 aromatic rings. The van der Waals surface area contributed by atoms with E-state index in [1.54, 1.807) is 0 Å². The van der Waals surface area contributed by atoms with E-state index in [0.717, 1.165) is 55.6 Å². The first-order valence-electron chi connectivity index (χ1n) is 12.8. The van der Waals surface area contributed by atoms with Crippen molar-refractivity contribution in [3.63, 3.8) is 0 Å². The second kappa shape index (κ2) is 8.05. The average Bonchev–Trinajstić information content (AvgIpc) is 2.97. The van der Waals surface area contributed by atoms with Gasteiger partial charge in [0.15, 0.2) is 17.5 Å². The highest BCUT2D eigenvalue weighted by molar-refractivity contribution is 6.26. The number of hydrogen-bond acceptors (Lipinski definition) is 0. The van der Waals surface area contributed by atoms with Crippen LogP contribution in [0.25, 0.3) is 76.1 Å². The number of hydrogen-bond donors (Lipinski definition) is 0. The van der Waals surface area contributed by atoms with E-state index >= 15 is 0 Å². The van der Waals surface area contributed by atoms with Gasteiger partial charge in [0.25, 0.3) is 0 Å². The molecule has 0 saturated heterocycles.